The second-order valence-corrected chi connectivity index (χ2v) is 4.73. The molecule has 0 spiro atoms. The molecule has 1 N–H and O–H groups in total. The van der Waals surface area contributed by atoms with E-state index in [4.69, 9.17) is 0 Å². The molecule has 1 nitrogen and oxygen atoms in total. The second kappa shape index (κ2) is 2.01. The van der Waals surface area contributed by atoms with E-state index in [1.165, 1.54) is 32.1 Å². The molecule has 0 amide bonds. The summed E-state index contributed by atoms with van der Waals surface area (Å²) in [7, 11) is 0. The maximum absolute atomic E-state index is 9.74. The van der Waals surface area contributed by atoms with Gasteiger partial charge in [0.05, 0.1) is 6.10 Å². The summed E-state index contributed by atoms with van der Waals surface area (Å²) in [5.74, 6) is 3.19. The lowest BCUT2D eigenvalue weighted by Crippen LogP contribution is -2.43. The van der Waals surface area contributed by atoms with E-state index in [1.54, 1.807) is 0 Å². The van der Waals surface area contributed by atoms with Crippen molar-refractivity contribution >= 4 is 0 Å². The highest BCUT2D eigenvalue weighted by Gasteiger charge is 2.48. The second-order valence-electron chi connectivity index (χ2n) is 4.73. The fraction of sp³-hybridized carbons (Fsp3) is 0.900. The molecule has 4 bridgehead atoms. The molecule has 0 aromatic rings. The highest BCUT2D eigenvalue weighted by molar-refractivity contribution is 5.07. The Hall–Kier alpha value is -0.0400. The Morgan fingerprint density at radius 1 is 0.818 bits per heavy atom. The highest BCUT2D eigenvalue weighted by atomic mass is 16.3. The van der Waals surface area contributed by atoms with Crippen molar-refractivity contribution in [1.82, 2.24) is 0 Å². The molecule has 1 heteroatoms. The van der Waals surface area contributed by atoms with Crippen molar-refractivity contribution in [2.45, 2.75) is 32.1 Å². The lowest BCUT2D eigenvalue weighted by Gasteiger charge is -2.51. The van der Waals surface area contributed by atoms with Gasteiger partial charge in [-0.1, -0.05) is 0 Å². The summed E-state index contributed by atoms with van der Waals surface area (Å²) in [5.41, 5.74) is 0. The minimum atomic E-state index is 0.617. The zero-order chi connectivity index (χ0) is 7.42. The molecule has 4 aliphatic carbocycles. The Morgan fingerprint density at radius 3 is 1.73 bits per heavy atom. The van der Waals surface area contributed by atoms with Crippen LogP contribution in [0.15, 0.2) is 0 Å². The molecule has 0 atom stereocenters. The molecule has 0 saturated heterocycles. The zero-order valence-electron chi connectivity index (χ0n) is 6.79. The first-order valence-electron chi connectivity index (χ1n) is 4.88. The van der Waals surface area contributed by atoms with Gasteiger partial charge in [0.1, 0.15) is 0 Å². The van der Waals surface area contributed by atoms with Gasteiger partial charge in [-0.05, 0) is 55.8 Å². The summed E-state index contributed by atoms with van der Waals surface area (Å²) in [6, 6.07) is 0. The highest BCUT2D eigenvalue weighted by Crippen LogP contribution is 2.56. The first-order chi connectivity index (χ1) is 5.33. The van der Waals surface area contributed by atoms with Crippen LogP contribution in [0.4, 0.5) is 0 Å². The molecular weight excluding hydrogens is 136 g/mol. The van der Waals surface area contributed by atoms with E-state index in [2.05, 4.69) is 0 Å². The van der Waals surface area contributed by atoms with Gasteiger partial charge in [-0.15, -0.1) is 0 Å². The minimum absolute atomic E-state index is 0.617. The maximum Gasteiger partial charge on any atom is 0.0995 e. The van der Waals surface area contributed by atoms with Gasteiger partial charge in [-0.2, -0.15) is 0 Å². The number of rotatable bonds is 0. The Balaban J connectivity index is 1.91. The van der Waals surface area contributed by atoms with E-state index in [-0.39, 0.29) is 0 Å². The van der Waals surface area contributed by atoms with Crippen LogP contribution < -0.4 is 0 Å². The quantitative estimate of drug-likeness (QED) is 0.563. The third-order valence-electron chi connectivity index (χ3n) is 3.97. The van der Waals surface area contributed by atoms with E-state index in [0.717, 1.165) is 17.9 Å². The van der Waals surface area contributed by atoms with Gasteiger partial charge in [0.25, 0.3) is 0 Å². The topological polar surface area (TPSA) is 20.2 Å². The molecule has 0 unspecified atom stereocenters. The summed E-state index contributed by atoms with van der Waals surface area (Å²) < 4.78 is 0. The third kappa shape index (κ3) is 0.807. The van der Waals surface area contributed by atoms with Crippen LogP contribution in [0.2, 0.25) is 0 Å². The lowest BCUT2D eigenvalue weighted by molar-refractivity contribution is -0.0248. The zero-order valence-corrected chi connectivity index (χ0v) is 6.79. The summed E-state index contributed by atoms with van der Waals surface area (Å²) in [4.78, 5) is 0. The molecule has 11 heavy (non-hydrogen) atoms. The molecule has 4 aliphatic rings. The van der Waals surface area contributed by atoms with E-state index >= 15 is 0 Å². The Kier molecular flexibility index (Phi) is 1.18. The van der Waals surface area contributed by atoms with Crippen molar-refractivity contribution in [3.8, 4) is 0 Å². The van der Waals surface area contributed by atoms with Gasteiger partial charge >= 0.3 is 0 Å². The van der Waals surface area contributed by atoms with E-state index in [0.29, 0.717) is 11.8 Å². The van der Waals surface area contributed by atoms with Gasteiger partial charge in [-0.3, -0.25) is 0 Å². The first-order valence-corrected chi connectivity index (χ1v) is 4.88. The molecule has 0 aliphatic heterocycles. The summed E-state index contributed by atoms with van der Waals surface area (Å²) in [5, 5.41) is 9.74. The van der Waals surface area contributed by atoms with Crippen LogP contribution in [0.3, 0.4) is 0 Å². The monoisotopic (exact) mass is 151 g/mol. The standard InChI is InChI=1S/C10H15O/c11-10-8-2-6-1-7(4-8)5-9(10)3-6/h6-9,11H,1-5H2. The van der Waals surface area contributed by atoms with Gasteiger partial charge in [0.15, 0.2) is 0 Å². The summed E-state index contributed by atoms with van der Waals surface area (Å²) in [6.07, 6.45) is 7.56. The van der Waals surface area contributed by atoms with Crippen LogP contribution in [0.5, 0.6) is 0 Å². The summed E-state index contributed by atoms with van der Waals surface area (Å²) in [6.45, 7) is 0. The Morgan fingerprint density at radius 2 is 1.27 bits per heavy atom. The Labute approximate surface area is 67.8 Å². The molecule has 61 valence electrons. The van der Waals surface area contributed by atoms with Crippen LogP contribution in [-0.2, 0) is 0 Å². The van der Waals surface area contributed by atoms with E-state index in [1.807, 2.05) is 0 Å². The number of aliphatic hydroxyl groups is 1. The molecule has 0 aromatic carbocycles. The molecule has 4 saturated carbocycles. The molecular formula is C10H15O. The number of hydrogen-bond acceptors (Lipinski definition) is 1. The van der Waals surface area contributed by atoms with Crippen molar-refractivity contribution < 1.29 is 5.11 Å². The van der Waals surface area contributed by atoms with Crippen LogP contribution in [0.25, 0.3) is 0 Å². The molecule has 4 rings (SSSR count). The van der Waals surface area contributed by atoms with Crippen molar-refractivity contribution in [3.05, 3.63) is 6.10 Å². The van der Waals surface area contributed by atoms with Crippen molar-refractivity contribution in [1.29, 1.82) is 0 Å². The van der Waals surface area contributed by atoms with Gasteiger partial charge in [0, 0.05) is 0 Å². The van der Waals surface area contributed by atoms with Crippen molar-refractivity contribution in [2.24, 2.45) is 23.7 Å². The van der Waals surface area contributed by atoms with Gasteiger partial charge in [-0.25, -0.2) is 0 Å². The normalized spacial score (nSPS) is 55.4. The average Bonchev–Trinajstić information content (AvgIpc) is 1.98. The van der Waals surface area contributed by atoms with E-state index < -0.39 is 0 Å². The molecule has 1 radical (unpaired) electrons. The van der Waals surface area contributed by atoms with E-state index in [9.17, 15) is 5.11 Å². The molecule has 4 fully saturated rings. The predicted octanol–water partition coefficient (Wildman–Crippen LogP) is 2.35. The smallest absolute Gasteiger partial charge is 0.0995 e. The largest absolute Gasteiger partial charge is 0.386 e. The van der Waals surface area contributed by atoms with Crippen molar-refractivity contribution in [3.63, 3.8) is 0 Å². The van der Waals surface area contributed by atoms with Crippen molar-refractivity contribution in [2.75, 3.05) is 0 Å². The number of aliphatic hydroxyl groups excluding tert-OH is 1. The lowest BCUT2D eigenvalue weighted by atomic mass is 9.55. The average molecular weight is 151 g/mol. The SMILES string of the molecule is O[C]1C2CC3CC(C2)CC1C3. The van der Waals surface area contributed by atoms with Crippen LogP contribution in [-0.4, -0.2) is 5.11 Å². The van der Waals surface area contributed by atoms with Crippen LogP contribution in [0.1, 0.15) is 32.1 Å². The van der Waals surface area contributed by atoms with Crippen LogP contribution >= 0.6 is 0 Å². The van der Waals surface area contributed by atoms with Gasteiger partial charge < -0.3 is 5.11 Å². The maximum atomic E-state index is 9.74. The molecule has 0 heterocycles. The minimum Gasteiger partial charge on any atom is -0.386 e. The van der Waals surface area contributed by atoms with Crippen LogP contribution in [0, 0.1) is 29.8 Å². The number of hydrogen-bond donors (Lipinski definition) is 1. The Bertz CT molecular complexity index is 148. The first kappa shape index (κ1) is 6.47. The fourth-order valence-corrected chi connectivity index (χ4v) is 3.67. The fourth-order valence-electron chi connectivity index (χ4n) is 3.67. The third-order valence-corrected chi connectivity index (χ3v) is 3.97. The molecule has 0 aromatic heterocycles. The predicted molar refractivity (Wildman–Crippen MR) is 42.2 cm³/mol. The summed E-state index contributed by atoms with van der Waals surface area (Å²) >= 11 is 0. The van der Waals surface area contributed by atoms with Gasteiger partial charge in [0.2, 0.25) is 0 Å².